The van der Waals surface area contributed by atoms with E-state index in [9.17, 15) is 4.79 Å². The third kappa shape index (κ3) is 2.87. The molecule has 1 aromatic heterocycles. The number of hydrogen-bond donors (Lipinski definition) is 2. The molecule has 0 bridgehead atoms. The third-order valence-electron chi connectivity index (χ3n) is 3.64. The van der Waals surface area contributed by atoms with Crippen LogP contribution in [0.4, 0.5) is 0 Å². The van der Waals surface area contributed by atoms with Gasteiger partial charge < -0.3 is 5.32 Å². The molecule has 1 amide bonds. The summed E-state index contributed by atoms with van der Waals surface area (Å²) in [6.07, 6.45) is 8.19. The Balaban J connectivity index is 1.86. The molecule has 17 heavy (non-hydrogen) atoms. The number of aromatic nitrogens is 2. The molecule has 1 aromatic rings. The van der Waals surface area contributed by atoms with Crippen LogP contribution in [0.2, 0.25) is 0 Å². The minimum Gasteiger partial charge on any atom is -0.351 e. The summed E-state index contributed by atoms with van der Waals surface area (Å²) in [7, 11) is 0. The lowest BCUT2D eigenvalue weighted by atomic mass is 9.64. The number of amides is 1. The summed E-state index contributed by atoms with van der Waals surface area (Å²) in [5, 5.41) is 9.48. The fraction of sp³-hybridized carbons (Fsp3) is 0.692. The first-order valence-corrected chi connectivity index (χ1v) is 6.38. The van der Waals surface area contributed by atoms with Crippen molar-refractivity contribution >= 4 is 5.91 Å². The van der Waals surface area contributed by atoms with Crippen molar-refractivity contribution < 1.29 is 4.79 Å². The van der Waals surface area contributed by atoms with E-state index in [4.69, 9.17) is 0 Å². The molecule has 2 N–H and O–H groups in total. The lowest BCUT2D eigenvalue weighted by molar-refractivity contribution is 0.0781. The van der Waals surface area contributed by atoms with E-state index in [1.165, 1.54) is 25.7 Å². The monoisotopic (exact) mass is 235 g/mol. The van der Waals surface area contributed by atoms with Gasteiger partial charge in [-0.05, 0) is 30.6 Å². The minimum atomic E-state index is -0.0196. The van der Waals surface area contributed by atoms with Gasteiger partial charge in [0.15, 0.2) is 0 Å². The van der Waals surface area contributed by atoms with E-state index in [-0.39, 0.29) is 5.91 Å². The molecule has 0 aliphatic heterocycles. The molecular weight excluding hydrogens is 214 g/mol. The van der Waals surface area contributed by atoms with Crippen molar-refractivity contribution in [3.05, 3.63) is 18.0 Å². The van der Waals surface area contributed by atoms with E-state index >= 15 is 0 Å². The highest BCUT2D eigenvalue weighted by molar-refractivity contribution is 5.93. The van der Waals surface area contributed by atoms with Crippen LogP contribution in [0.5, 0.6) is 0 Å². The number of hydrogen-bond acceptors (Lipinski definition) is 2. The zero-order valence-corrected chi connectivity index (χ0v) is 10.6. The molecule has 0 unspecified atom stereocenters. The Kier molecular flexibility index (Phi) is 3.50. The van der Waals surface area contributed by atoms with Gasteiger partial charge in [0, 0.05) is 12.7 Å². The molecular formula is C13H21N3O. The number of carbonyl (C=O) groups excluding carboxylic acids is 1. The normalized spacial score (nSPS) is 17.8. The molecule has 0 saturated heterocycles. The molecule has 1 fully saturated rings. The molecule has 94 valence electrons. The van der Waals surface area contributed by atoms with Gasteiger partial charge in [-0.2, -0.15) is 5.10 Å². The van der Waals surface area contributed by atoms with E-state index in [2.05, 4.69) is 29.4 Å². The molecule has 2 rings (SSSR count). The van der Waals surface area contributed by atoms with Gasteiger partial charge in [0.1, 0.15) is 0 Å². The molecule has 0 aromatic carbocycles. The van der Waals surface area contributed by atoms with Crippen LogP contribution in [0.25, 0.3) is 0 Å². The Labute approximate surface area is 102 Å². The highest BCUT2D eigenvalue weighted by Gasteiger charge is 2.37. The third-order valence-corrected chi connectivity index (χ3v) is 3.64. The lowest BCUT2D eigenvalue weighted by Crippen LogP contribution is -2.42. The van der Waals surface area contributed by atoms with E-state index in [0.717, 1.165) is 6.54 Å². The summed E-state index contributed by atoms with van der Waals surface area (Å²) in [6.45, 7) is 5.30. The Morgan fingerprint density at radius 3 is 2.82 bits per heavy atom. The second-order valence-corrected chi connectivity index (χ2v) is 5.62. The SMILES string of the molecule is CC(C)CC1(CNC(=O)c2cn[nH]c2)CCC1. The van der Waals surface area contributed by atoms with E-state index in [0.29, 0.717) is 16.9 Å². The summed E-state index contributed by atoms with van der Waals surface area (Å²) in [5.41, 5.74) is 0.970. The standard InChI is InChI=1S/C13H21N3O/c1-10(2)6-13(4-3-5-13)9-14-12(17)11-7-15-16-8-11/h7-8,10H,3-6,9H2,1-2H3,(H,14,17)(H,15,16). The van der Waals surface area contributed by atoms with Crippen LogP contribution < -0.4 is 5.32 Å². The van der Waals surface area contributed by atoms with Crippen LogP contribution >= 0.6 is 0 Å². The van der Waals surface area contributed by atoms with E-state index < -0.39 is 0 Å². The Morgan fingerprint density at radius 2 is 2.35 bits per heavy atom. The molecule has 1 saturated carbocycles. The van der Waals surface area contributed by atoms with Crippen molar-refractivity contribution in [1.29, 1.82) is 0 Å². The summed E-state index contributed by atoms with van der Waals surface area (Å²) < 4.78 is 0. The van der Waals surface area contributed by atoms with Gasteiger partial charge >= 0.3 is 0 Å². The predicted octanol–water partition coefficient (Wildman–Crippen LogP) is 2.36. The number of nitrogens with one attached hydrogen (secondary N) is 2. The first kappa shape index (κ1) is 12.1. The number of rotatable bonds is 5. The first-order valence-electron chi connectivity index (χ1n) is 6.38. The van der Waals surface area contributed by atoms with Crippen molar-refractivity contribution in [2.24, 2.45) is 11.3 Å². The van der Waals surface area contributed by atoms with Crippen LogP contribution in [-0.2, 0) is 0 Å². The predicted molar refractivity (Wildman–Crippen MR) is 66.7 cm³/mol. The smallest absolute Gasteiger partial charge is 0.254 e. The Morgan fingerprint density at radius 1 is 1.59 bits per heavy atom. The van der Waals surface area contributed by atoms with E-state index in [1.807, 2.05) is 0 Å². The maximum absolute atomic E-state index is 11.8. The van der Waals surface area contributed by atoms with Gasteiger partial charge in [0.2, 0.25) is 0 Å². The zero-order chi connectivity index (χ0) is 12.3. The molecule has 4 heteroatoms. The van der Waals surface area contributed by atoms with Crippen LogP contribution in [-0.4, -0.2) is 22.6 Å². The summed E-state index contributed by atoms with van der Waals surface area (Å²) in [4.78, 5) is 11.8. The molecule has 1 heterocycles. The summed E-state index contributed by atoms with van der Waals surface area (Å²) in [5.74, 6) is 0.676. The molecule has 1 aliphatic carbocycles. The second kappa shape index (κ2) is 4.90. The molecule has 0 spiro atoms. The first-order chi connectivity index (χ1) is 8.11. The van der Waals surface area contributed by atoms with Gasteiger partial charge in [0.25, 0.3) is 5.91 Å². The average Bonchev–Trinajstić information content (AvgIpc) is 2.74. The van der Waals surface area contributed by atoms with Gasteiger partial charge in [-0.1, -0.05) is 20.3 Å². The van der Waals surface area contributed by atoms with Crippen LogP contribution in [0.1, 0.15) is 49.9 Å². The van der Waals surface area contributed by atoms with Crippen LogP contribution in [0, 0.1) is 11.3 Å². The van der Waals surface area contributed by atoms with Crippen molar-refractivity contribution in [2.75, 3.05) is 6.54 Å². The lowest BCUT2D eigenvalue weighted by Gasteiger charge is -2.43. The second-order valence-electron chi connectivity index (χ2n) is 5.62. The summed E-state index contributed by atoms with van der Waals surface area (Å²) in [6, 6.07) is 0. The van der Waals surface area contributed by atoms with Gasteiger partial charge in [-0.3, -0.25) is 9.89 Å². The van der Waals surface area contributed by atoms with Crippen LogP contribution in [0.3, 0.4) is 0 Å². The van der Waals surface area contributed by atoms with Gasteiger partial charge in [-0.15, -0.1) is 0 Å². The summed E-state index contributed by atoms with van der Waals surface area (Å²) >= 11 is 0. The van der Waals surface area contributed by atoms with E-state index in [1.54, 1.807) is 12.4 Å². The Bertz CT molecular complexity index is 366. The molecule has 0 radical (unpaired) electrons. The number of carbonyl (C=O) groups is 1. The molecule has 0 atom stereocenters. The number of nitrogens with zero attached hydrogens (tertiary/aromatic N) is 1. The highest BCUT2D eigenvalue weighted by Crippen LogP contribution is 2.45. The fourth-order valence-electron chi connectivity index (χ4n) is 2.74. The molecule has 1 aliphatic rings. The number of aromatic amines is 1. The van der Waals surface area contributed by atoms with Gasteiger partial charge in [0.05, 0.1) is 11.8 Å². The van der Waals surface area contributed by atoms with Crippen molar-refractivity contribution in [2.45, 2.75) is 39.5 Å². The quantitative estimate of drug-likeness (QED) is 0.823. The van der Waals surface area contributed by atoms with Crippen LogP contribution in [0.15, 0.2) is 12.4 Å². The van der Waals surface area contributed by atoms with Crippen molar-refractivity contribution in [3.63, 3.8) is 0 Å². The van der Waals surface area contributed by atoms with Crippen molar-refractivity contribution in [3.8, 4) is 0 Å². The maximum atomic E-state index is 11.8. The molecule has 4 nitrogen and oxygen atoms in total. The fourth-order valence-corrected chi connectivity index (χ4v) is 2.74. The zero-order valence-electron chi connectivity index (χ0n) is 10.6. The average molecular weight is 235 g/mol. The van der Waals surface area contributed by atoms with Crippen molar-refractivity contribution in [1.82, 2.24) is 15.5 Å². The van der Waals surface area contributed by atoms with Gasteiger partial charge in [-0.25, -0.2) is 0 Å². The minimum absolute atomic E-state index is 0.0196. The number of H-pyrrole nitrogens is 1. The highest BCUT2D eigenvalue weighted by atomic mass is 16.1. The Hall–Kier alpha value is -1.32. The largest absolute Gasteiger partial charge is 0.351 e. The maximum Gasteiger partial charge on any atom is 0.254 e. The topological polar surface area (TPSA) is 57.8 Å².